The second kappa shape index (κ2) is 6.35. The van der Waals surface area contributed by atoms with Crippen molar-refractivity contribution < 1.29 is 10.2 Å². The van der Waals surface area contributed by atoms with Gasteiger partial charge in [-0.25, -0.2) is 4.98 Å². The van der Waals surface area contributed by atoms with E-state index in [0.717, 1.165) is 24.1 Å². The highest BCUT2D eigenvalue weighted by molar-refractivity contribution is 5.74. The van der Waals surface area contributed by atoms with Crippen molar-refractivity contribution in [3.63, 3.8) is 0 Å². The van der Waals surface area contributed by atoms with Gasteiger partial charge in [0.25, 0.3) is 0 Å². The molecule has 0 amide bonds. The molecule has 1 heterocycles. The van der Waals surface area contributed by atoms with Crippen LogP contribution in [0.1, 0.15) is 20.3 Å². The van der Waals surface area contributed by atoms with Crippen LogP contribution < -0.4 is 5.32 Å². The van der Waals surface area contributed by atoms with Gasteiger partial charge in [-0.05, 0) is 26.0 Å². The fourth-order valence-corrected chi connectivity index (χ4v) is 2.31. The maximum atomic E-state index is 9.77. The van der Waals surface area contributed by atoms with Crippen LogP contribution in [0.3, 0.4) is 0 Å². The van der Waals surface area contributed by atoms with Gasteiger partial charge in [0, 0.05) is 26.1 Å². The molecule has 0 aliphatic carbocycles. The molecule has 0 aliphatic rings. The minimum Gasteiger partial charge on any atom is -0.392 e. The maximum Gasteiger partial charge on any atom is 0.0958 e. The van der Waals surface area contributed by atoms with Crippen LogP contribution in [0.15, 0.2) is 30.6 Å². The Kier molecular flexibility index (Phi) is 4.75. The summed E-state index contributed by atoms with van der Waals surface area (Å²) in [5.74, 6) is 0. The van der Waals surface area contributed by atoms with E-state index in [1.807, 2.05) is 30.6 Å². The van der Waals surface area contributed by atoms with Gasteiger partial charge in [0.15, 0.2) is 0 Å². The number of nitrogens with zero attached hydrogens (tertiary/aromatic N) is 2. The lowest BCUT2D eigenvalue weighted by atomic mass is 10.0. The summed E-state index contributed by atoms with van der Waals surface area (Å²) in [5, 5.41) is 22.6. The van der Waals surface area contributed by atoms with Crippen molar-refractivity contribution in [2.45, 2.75) is 38.5 Å². The number of rotatable bonds is 7. The van der Waals surface area contributed by atoms with E-state index in [2.05, 4.69) is 14.9 Å². The van der Waals surface area contributed by atoms with E-state index in [9.17, 15) is 10.2 Å². The molecule has 0 fully saturated rings. The first-order chi connectivity index (χ1) is 9.46. The number of imidazole rings is 1. The van der Waals surface area contributed by atoms with E-state index in [4.69, 9.17) is 0 Å². The fourth-order valence-electron chi connectivity index (χ4n) is 2.31. The van der Waals surface area contributed by atoms with Crippen LogP contribution in [0.5, 0.6) is 0 Å². The zero-order valence-electron chi connectivity index (χ0n) is 12.1. The minimum absolute atomic E-state index is 0.369. The number of benzene rings is 1. The molecule has 1 aromatic carbocycles. The molecule has 0 saturated heterocycles. The molecular weight excluding hydrogens is 254 g/mol. The summed E-state index contributed by atoms with van der Waals surface area (Å²) < 4.78 is 2.09. The standard InChI is InChI=1S/C15H23N3O2/c1-15(2,20)9-12(19)10-16-7-8-18-11-17-13-5-3-4-6-14(13)18/h3-6,11-12,16,19-20H,7-10H2,1-2H3. The fraction of sp³-hybridized carbons (Fsp3) is 0.533. The Bertz CT molecular complexity index is 545. The number of nitrogens with one attached hydrogen (secondary N) is 1. The molecule has 20 heavy (non-hydrogen) atoms. The van der Waals surface area contributed by atoms with Crippen LogP contribution in [-0.4, -0.2) is 44.6 Å². The highest BCUT2D eigenvalue weighted by atomic mass is 16.3. The van der Waals surface area contributed by atoms with E-state index < -0.39 is 11.7 Å². The SMILES string of the molecule is CC(C)(O)CC(O)CNCCn1cnc2ccccc21. The van der Waals surface area contributed by atoms with Crippen molar-refractivity contribution in [2.75, 3.05) is 13.1 Å². The molecule has 1 aromatic heterocycles. The lowest BCUT2D eigenvalue weighted by molar-refractivity contribution is 0.0189. The molecule has 2 aromatic rings. The molecule has 0 aliphatic heterocycles. The summed E-state index contributed by atoms with van der Waals surface area (Å²) in [6, 6.07) is 8.02. The Morgan fingerprint density at radius 2 is 2.10 bits per heavy atom. The lowest BCUT2D eigenvalue weighted by Crippen LogP contribution is -2.34. The van der Waals surface area contributed by atoms with Gasteiger partial charge in [0.05, 0.1) is 29.1 Å². The average molecular weight is 277 g/mol. The molecule has 5 heteroatoms. The quantitative estimate of drug-likeness (QED) is 0.664. The van der Waals surface area contributed by atoms with Crippen LogP contribution in [0, 0.1) is 0 Å². The van der Waals surface area contributed by atoms with Crippen LogP contribution in [0.2, 0.25) is 0 Å². The summed E-state index contributed by atoms with van der Waals surface area (Å²) in [6.45, 7) is 5.44. The van der Waals surface area contributed by atoms with E-state index in [1.165, 1.54) is 0 Å². The molecule has 0 spiro atoms. The molecule has 0 saturated carbocycles. The largest absolute Gasteiger partial charge is 0.392 e. The Morgan fingerprint density at radius 1 is 1.35 bits per heavy atom. The molecule has 1 atom stereocenters. The normalized spacial score (nSPS) is 13.8. The second-order valence-electron chi connectivity index (χ2n) is 5.80. The number of fused-ring (bicyclic) bond motifs is 1. The Balaban J connectivity index is 1.76. The first-order valence-corrected chi connectivity index (χ1v) is 6.97. The van der Waals surface area contributed by atoms with Gasteiger partial charge in [-0.3, -0.25) is 0 Å². The van der Waals surface area contributed by atoms with Crippen molar-refractivity contribution in [3.8, 4) is 0 Å². The highest BCUT2D eigenvalue weighted by Gasteiger charge is 2.17. The van der Waals surface area contributed by atoms with Gasteiger partial charge in [0.2, 0.25) is 0 Å². The van der Waals surface area contributed by atoms with Gasteiger partial charge in [0.1, 0.15) is 0 Å². The van der Waals surface area contributed by atoms with E-state index in [0.29, 0.717) is 13.0 Å². The third-order valence-corrected chi connectivity index (χ3v) is 3.17. The van der Waals surface area contributed by atoms with Gasteiger partial charge in [-0.2, -0.15) is 0 Å². The number of hydrogen-bond acceptors (Lipinski definition) is 4. The van der Waals surface area contributed by atoms with Crippen LogP contribution in [0.4, 0.5) is 0 Å². The van der Waals surface area contributed by atoms with Crippen molar-refractivity contribution >= 4 is 11.0 Å². The summed E-state index contributed by atoms with van der Waals surface area (Å²) in [5.41, 5.74) is 1.28. The summed E-state index contributed by atoms with van der Waals surface area (Å²) in [7, 11) is 0. The van der Waals surface area contributed by atoms with E-state index in [1.54, 1.807) is 13.8 Å². The summed E-state index contributed by atoms with van der Waals surface area (Å²) in [4.78, 5) is 4.33. The smallest absolute Gasteiger partial charge is 0.0958 e. The van der Waals surface area contributed by atoms with Crippen molar-refractivity contribution in [1.29, 1.82) is 0 Å². The molecule has 3 N–H and O–H groups in total. The molecule has 110 valence electrons. The zero-order chi connectivity index (χ0) is 14.6. The predicted octanol–water partition coefficient (Wildman–Crippen LogP) is 1.15. The van der Waals surface area contributed by atoms with Crippen LogP contribution in [-0.2, 0) is 6.54 Å². The minimum atomic E-state index is -0.832. The maximum absolute atomic E-state index is 9.77. The zero-order valence-corrected chi connectivity index (χ0v) is 12.1. The van der Waals surface area contributed by atoms with Crippen molar-refractivity contribution in [3.05, 3.63) is 30.6 Å². The summed E-state index contributed by atoms with van der Waals surface area (Å²) in [6.07, 6.45) is 1.67. The number of hydrogen-bond donors (Lipinski definition) is 3. The van der Waals surface area contributed by atoms with E-state index >= 15 is 0 Å². The number of aromatic nitrogens is 2. The molecule has 0 radical (unpaired) electrons. The Hall–Kier alpha value is -1.43. The van der Waals surface area contributed by atoms with Crippen molar-refractivity contribution in [1.82, 2.24) is 14.9 Å². The number of aliphatic hydroxyl groups excluding tert-OH is 1. The van der Waals surface area contributed by atoms with E-state index in [-0.39, 0.29) is 0 Å². The third-order valence-electron chi connectivity index (χ3n) is 3.17. The van der Waals surface area contributed by atoms with Gasteiger partial charge in [-0.15, -0.1) is 0 Å². The predicted molar refractivity (Wildman–Crippen MR) is 79.5 cm³/mol. The summed E-state index contributed by atoms with van der Waals surface area (Å²) >= 11 is 0. The lowest BCUT2D eigenvalue weighted by Gasteiger charge is -2.21. The molecule has 5 nitrogen and oxygen atoms in total. The first-order valence-electron chi connectivity index (χ1n) is 6.97. The average Bonchev–Trinajstić information content (AvgIpc) is 2.76. The second-order valence-corrected chi connectivity index (χ2v) is 5.80. The number of aliphatic hydroxyl groups is 2. The molecular formula is C15H23N3O2. The monoisotopic (exact) mass is 277 g/mol. The van der Waals surface area contributed by atoms with Gasteiger partial charge < -0.3 is 20.1 Å². The first kappa shape index (κ1) is 15.0. The van der Waals surface area contributed by atoms with Gasteiger partial charge in [-0.1, -0.05) is 12.1 Å². The third kappa shape index (κ3) is 4.30. The van der Waals surface area contributed by atoms with Gasteiger partial charge >= 0.3 is 0 Å². The van der Waals surface area contributed by atoms with Crippen LogP contribution >= 0.6 is 0 Å². The highest BCUT2D eigenvalue weighted by Crippen LogP contribution is 2.11. The molecule has 1 unspecified atom stereocenters. The topological polar surface area (TPSA) is 70.3 Å². The Labute approximate surface area is 119 Å². The number of para-hydroxylation sites is 2. The van der Waals surface area contributed by atoms with Crippen molar-refractivity contribution in [2.24, 2.45) is 0 Å². The molecule has 2 rings (SSSR count). The molecule has 0 bridgehead atoms. The Morgan fingerprint density at radius 3 is 2.85 bits per heavy atom. The van der Waals surface area contributed by atoms with Crippen LogP contribution in [0.25, 0.3) is 11.0 Å².